The molecule has 0 bridgehead atoms. The van der Waals surface area contributed by atoms with Gasteiger partial charge in [-0.1, -0.05) is 0 Å². The van der Waals surface area contributed by atoms with Crippen molar-refractivity contribution in [1.82, 2.24) is 0 Å². The van der Waals surface area contributed by atoms with E-state index in [9.17, 15) is 0 Å². The summed E-state index contributed by atoms with van der Waals surface area (Å²) >= 11 is 0. The van der Waals surface area contributed by atoms with Crippen LogP contribution in [0, 0.1) is 12.8 Å². The third-order valence-corrected chi connectivity index (χ3v) is 3.01. The Bertz CT molecular complexity index is 346. The van der Waals surface area contributed by atoms with E-state index in [4.69, 9.17) is 9.47 Å². The van der Waals surface area contributed by atoms with Gasteiger partial charge in [0.25, 0.3) is 0 Å². The largest absolute Gasteiger partial charge is 0.496 e. The molecule has 1 saturated heterocycles. The number of hydrogen-bond donors (Lipinski definition) is 1. The standard InChI is InChI=1S/C13H19NO2/c1-10-7-12(3-4-13(10)15-2)14-8-11-5-6-16-9-11/h3-4,7,11,14H,5-6,8-9H2,1-2H3. The number of methoxy groups -OCH3 is 1. The van der Waals surface area contributed by atoms with Gasteiger partial charge in [-0.05, 0) is 37.1 Å². The van der Waals surface area contributed by atoms with E-state index < -0.39 is 0 Å². The van der Waals surface area contributed by atoms with E-state index in [1.54, 1.807) is 7.11 Å². The molecule has 16 heavy (non-hydrogen) atoms. The van der Waals surface area contributed by atoms with Crippen LogP contribution in [0.1, 0.15) is 12.0 Å². The van der Waals surface area contributed by atoms with Crippen molar-refractivity contribution in [3.05, 3.63) is 23.8 Å². The number of anilines is 1. The maximum atomic E-state index is 5.35. The second-order valence-corrected chi connectivity index (χ2v) is 4.29. The molecule has 1 N–H and O–H groups in total. The smallest absolute Gasteiger partial charge is 0.121 e. The molecule has 1 unspecified atom stereocenters. The highest BCUT2D eigenvalue weighted by atomic mass is 16.5. The van der Waals surface area contributed by atoms with Gasteiger partial charge in [-0.25, -0.2) is 0 Å². The minimum atomic E-state index is 0.655. The van der Waals surface area contributed by atoms with E-state index in [1.807, 2.05) is 6.07 Å². The molecule has 88 valence electrons. The fourth-order valence-electron chi connectivity index (χ4n) is 1.99. The fraction of sp³-hybridized carbons (Fsp3) is 0.538. The van der Waals surface area contributed by atoms with Gasteiger partial charge in [-0.2, -0.15) is 0 Å². The first-order valence-corrected chi connectivity index (χ1v) is 5.76. The Morgan fingerprint density at radius 3 is 3.00 bits per heavy atom. The highest BCUT2D eigenvalue weighted by molar-refractivity contribution is 5.50. The first kappa shape index (κ1) is 11.3. The summed E-state index contributed by atoms with van der Waals surface area (Å²) in [7, 11) is 1.70. The third-order valence-electron chi connectivity index (χ3n) is 3.01. The molecule has 0 amide bonds. The number of nitrogens with one attached hydrogen (secondary N) is 1. The van der Waals surface area contributed by atoms with Crippen molar-refractivity contribution >= 4 is 5.69 Å². The van der Waals surface area contributed by atoms with Crippen LogP contribution in [0.4, 0.5) is 5.69 Å². The predicted octanol–water partition coefficient (Wildman–Crippen LogP) is 2.45. The zero-order valence-corrected chi connectivity index (χ0v) is 9.95. The van der Waals surface area contributed by atoms with E-state index in [1.165, 1.54) is 6.42 Å². The van der Waals surface area contributed by atoms with E-state index in [-0.39, 0.29) is 0 Å². The summed E-state index contributed by atoms with van der Waals surface area (Å²) in [6, 6.07) is 6.18. The average molecular weight is 221 g/mol. The van der Waals surface area contributed by atoms with Crippen molar-refractivity contribution in [2.75, 3.05) is 32.2 Å². The topological polar surface area (TPSA) is 30.5 Å². The lowest BCUT2D eigenvalue weighted by Gasteiger charge is -2.12. The van der Waals surface area contributed by atoms with Gasteiger partial charge in [0, 0.05) is 24.8 Å². The molecule has 2 rings (SSSR count). The lowest BCUT2D eigenvalue weighted by Crippen LogP contribution is -2.14. The molecule has 1 fully saturated rings. The molecule has 1 aliphatic rings. The summed E-state index contributed by atoms with van der Waals surface area (Å²) in [4.78, 5) is 0. The van der Waals surface area contributed by atoms with Crippen molar-refractivity contribution in [3.63, 3.8) is 0 Å². The summed E-state index contributed by atoms with van der Waals surface area (Å²) in [5, 5.41) is 3.44. The lowest BCUT2D eigenvalue weighted by atomic mass is 10.1. The Kier molecular flexibility index (Phi) is 3.67. The maximum absolute atomic E-state index is 5.35. The molecule has 1 atom stereocenters. The third kappa shape index (κ3) is 2.67. The minimum absolute atomic E-state index is 0.655. The lowest BCUT2D eigenvalue weighted by molar-refractivity contribution is 0.187. The molecule has 0 aliphatic carbocycles. The second kappa shape index (κ2) is 5.21. The summed E-state index contributed by atoms with van der Waals surface area (Å²) in [5.74, 6) is 1.59. The normalized spacial score (nSPS) is 19.8. The summed E-state index contributed by atoms with van der Waals surface area (Å²) in [5.41, 5.74) is 2.32. The average Bonchev–Trinajstić information content (AvgIpc) is 2.79. The molecule has 0 radical (unpaired) electrons. The van der Waals surface area contributed by atoms with Crippen LogP contribution in [0.2, 0.25) is 0 Å². The van der Waals surface area contributed by atoms with Crippen molar-refractivity contribution < 1.29 is 9.47 Å². The van der Waals surface area contributed by atoms with Gasteiger partial charge in [0.1, 0.15) is 5.75 Å². The first-order chi connectivity index (χ1) is 7.79. The van der Waals surface area contributed by atoms with E-state index >= 15 is 0 Å². The first-order valence-electron chi connectivity index (χ1n) is 5.76. The van der Waals surface area contributed by atoms with Gasteiger partial charge in [0.2, 0.25) is 0 Å². The number of benzene rings is 1. The van der Waals surface area contributed by atoms with Crippen molar-refractivity contribution in [2.45, 2.75) is 13.3 Å². The van der Waals surface area contributed by atoms with Gasteiger partial charge in [-0.15, -0.1) is 0 Å². The Balaban J connectivity index is 1.91. The van der Waals surface area contributed by atoms with Gasteiger partial charge >= 0.3 is 0 Å². The molecule has 0 saturated carbocycles. The molecule has 3 nitrogen and oxygen atoms in total. The molecule has 1 aliphatic heterocycles. The van der Waals surface area contributed by atoms with Crippen LogP contribution in [0.3, 0.4) is 0 Å². The van der Waals surface area contributed by atoms with Crippen LogP contribution in [-0.4, -0.2) is 26.9 Å². The zero-order chi connectivity index (χ0) is 11.4. The Labute approximate surface area is 96.8 Å². The monoisotopic (exact) mass is 221 g/mol. The van der Waals surface area contributed by atoms with Gasteiger partial charge in [0.15, 0.2) is 0 Å². The van der Waals surface area contributed by atoms with Gasteiger partial charge < -0.3 is 14.8 Å². The molecule has 0 spiro atoms. The van der Waals surface area contributed by atoms with Gasteiger partial charge in [0.05, 0.1) is 13.7 Å². The molecule has 1 heterocycles. The highest BCUT2D eigenvalue weighted by Crippen LogP contribution is 2.22. The van der Waals surface area contributed by atoms with Crippen molar-refractivity contribution in [2.24, 2.45) is 5.92 Å². The molecular weight excluding hydrogens is 202 g/mol. The molecule has 0 aromatic heterocycles. The summed E-state index contributed by atoms with van der Waals surface area (Å²) in [6.45, 7) is 4.85. The SMILES string of the molecule is COc1ccc(NCC2CCOC2)cc1C. The zero-order valence-electron chi connectivity index (χ0n) is 9.95. The van der Waals surface area contributed by atoms with Gasteiger partial charge in [-0.3, -0.25) is 0 Å². The van der Waals surface area contributed by atoms with Crippen LogP contribution in [-0.2, 0) is 4.74 Å². The van der Waals surface area contributed by atoms with Crippen molar-refractivity contribution in [1.29, 1.82) is 0 Å². The van der Waals surface area contributed by atoms with E-state index in [2.05, 4.69) is 24.4 Å². The van der Waals surface area contributed by atoms with Crippen LogP contribution in [0.5, 0.6) is 5.75 Å². The quantitative estimate of drug-likeness (QED) is 0.847. The van der Waals surface area contributed by atoms with Crippen molar-refractivity contribution in [3.8, 4) is 5.75 Å². The van der Waals surface area contributed by atoms with Crippen LogP contribution >= 0.6 is 0 Å². The van der Waals surface area contributed by atoms with E-state index in [0.717, 1.165) is 36.8 Å². The van der Waals surface area contributed by atoms with E-state index in [0.29, 0.717) is 5.92 Å². The second-order valence-electron chi connectivity index (χ2n) is 4.29. The number of ether oxygens (including phenoxy) is 2. The minimum Gasteiger partial charge on any atom is -0.496 e. The molecule has 1 aromatic rings. The Morgan fingerprint density at radius 2 is 2.38 bits per heavy atom. The molecular formula is C13H19NO2. The predicted molar refractivity (Wildman–Crippen MR) is 65.1 cm³/mol. The number of rotatable bonds is 4. The van der Waals surface area contributed by atoms with Crippen LogP contribution in [0.25, 0.3) is 0 Å². The summed E-state index contributed by atoms with van der Waals surface area (Å²) < 4.78 is 10.6. The van der Waals surface area contributed by atoms with Crippen LogP contribution < -0.4 is 10.1 Å². The Morgan fingerprint density at radius 1 is 1.50 bits per heavy atom. The fourth-order valence-corrected chi connectivity index (χ4v) is 1.99. The Hall–Kier alpha value is -1.22. The summed E-state index contributed by atoms with van der Waals surface area (Å²) in [6.07, 6.45) is 1.17. The maximum Gasteiger partial charge on any atom is 0.121 e. The molecule has 3 heteroatoms. The number of hydrogen-bond acceptors (Lipinski definition) is 3. The highest BCUT2D eigenvalue weighted by Gasteiger charge is 2.14. The number of aryl methyl sites for hydroxylation is 1. The molecule has 1 aromatic carbocycles. The van der Waals surface area contributed by atoms with Crippen LogP contribution in [0.15, 0.2) is 18.2 Å².